The Morgan fingerprint density at radius 3 is 2.20 bits per heavy atom. The molecule has 0 spiro atoms. The van der Waals surface area contributed by atoms with Crippen LogP contribution < -0.4 is 10.6 Å². The number of hydrogen-bond donors (Lipinski definition) is 1. The standard InChI is InChI=1S/C17H21FN2/c1-3-13-4-6-14(7-5-13)17(19)12-20(2)16-10-8-15(18)9-11-16/h4-11,17H,3,12,19H2,1-2H3. The van der Waals surface area contributed by atoms with E-state index in [1.807, 2.05) is 11.9 Å². The molecule has 3 heteroatoms. The first-order chi connectivity index (χ1) is 9.60. The molecule has 1 unspecified atom stereocenters. The lowest BCUT2D eigenvalue weighted by molar-refractivity contribution is 0.627. The van der Waals surface area contributed by atoms with Gasteiger partial charge in [0.05, 0.1) is 0 Å². The molecule has 0 heterocycles. The summed E-state index contributed by atoms with van der Waals surface area (Å²) in [5.74, 6) is -0.221. The molecule has 0 radical (unpaired) electrons. The van der Waals surface area contributed by atoms with Crippen LogP contribution in [0.25, 0.3) is 0 Å². The summed E-state index contributed by atoms with van der Waals surface area (Å²) in [5.41, 5.74) is 9.64. The number of benzene rings is 2. The van der Waals surface area contributed by atoms with Crippen molar-refractivity contribution in [1.29, 1.82) is 0 Å². The highest BCUT2D eigenvalue weighted by Gasteiger charge is 2.10. The molecule has 0 aliphatic carbocycles. The van der Waals surface area contributed by atoms with Crippen LogP contribution >= 0.6 is 0 Å². The van der Waals surface area contributed by atoms with E-state index in [1.165, 1.54) is 17.7 Å². The van der Waals surface area contributed by atoms with E-state index in [0.29, 0.717) is 6.54 Å². The Balaban J connectivity index is 2.02. The maximum absolute atomic E-state index is 12.9. The van der Waals surface area contributed by atoms with E-state index in [2.05, 4.69) is 31.2 Å². The van der Waals surface area contributed by atoms with Gasteiger partial charge in [0.15, 0.2) is 0 Å². The maximum Gasteiger partial charge on any atom is 0.123 e. The second-order valence-electron chi connectivity index (χ2n) is 5.06. The summed E-state index contributed by atoms with van der Waals surface area (Å²) >= 11 is 0. The van der Waals surface area contributed by atoms with E-state index < -0.39 is 0 Å². The van der Waals surface area contributed by atoms with Gasteiger partial charge in [0, 0.05) is 25.3 Å². The molecule has 0 saturated heterocycles. The number of nitrogens with two attached hydrogens (primary N) is 1. The molecule has 20 heavy (non-hydrogen) atoms. The third-order valence-electron chi connectivity index (χ3n) is 3.55. The summed E-state index contributed by atoms with van der Waals surface area (Å²) in [6.07, 6.45) is 1.03. The van der Waals surface area contributed by atoms with Crippen LogP contribution in [0.5, 0.6) is 0 Å². The number of likely N-dealkylation sites (N-methyl/N-ethyl adjacent to an activating group) is 1. The maximum atomic E-state index is 12.9. The molecule has 106 valence electrons. The van der Waals surface area contributed by atoms with Crippen molar-refractivity contribution in [1.82, 2.24) is 0 Å². The Morgan fingerprint density at radius 2 is 1.65 bits per heavy atom. The van der Waals surface area contributed by atoms with Crippen molar-refractivity contribution < 1.29 is 4.39 Å². The SMILES string of the molecule is CCc1ccc(C(N)CN(C)c2ccc(F)cc2)cc1. The van der Waals surface area contributed by atoms with E-state index in [4.69, 9.17) is 5.73 Å². The van der Waals surface area contributed by atoms with Crippen LogP contribution in [0, 0.1) is 5.82 Å². The van der Waals surface area contributed by atoms with Gasteiger partial charge in [-0.3, -0.25) is 0 Å². The van der Waals surface area contributed by atoms with Gasteiger partial charge in [-0.1, -0.05) is 31.2 Å². The lowest BCUT2D eigenvalue weighted by Crippen LogP contribution is -2.28. The Labute approximate surface area is 120 Å². The van der Waals surface area contributed by atoms with Crippen LogP contribution in [-0.4, -0.2) is 13.6 Å². The first-order valence-electron chi connectivity index (χ1n) is 6.91. The van der Waals surface area contributed by atoms with Crippen LogP contribution in [0.1, 0.15) is 24.1 Å². The van der Waals surface area contributed by atoms with Crippen LogP contribution in [-0.2, 0) is 6.42 Å². The van der Waals surface area contributed by atoms with Crippen LogP contribution in [0.3, 0.4) is 0 Å². The molecule has 2 N–H and O–H groups in total. The van der Waals surface area contributed by atoms with E-state index in [1.54, 1.807) is 12.1 Å². The van der Waals surface area contributed by atoms with E-state index in [9.17, 15) is 4.39 Å². The van der Waals surface area contributed by atoms with Gasteiger partial charge in [-0.15, -0.1) is 0 Å². The zero-order chi connectivity index (χ0) is 14.5. The largest absolute Gasteiger partial charge is 0.373 e. The summed E-state index contributed by atoms with van der Waals surface area (Å²) in [6, 6.07) is 14.8. The Bertz CT molecular complexity index is 534. The van der Waals surface area contributed by atoms with Crippen molar-refractivity contribution in [2.45, 2.75) is 19.4 Å². The highest BCUT2D eigenvalue weighted by molar-refractivity contribution is 5.46. The summed E-state index contributed by atoms with van der Waals surface area (Å²) in [4.78, 5) is 2.04. The van der Waals surface area contributed by atoms with Gasteiger partial charge in [0.25, 0.3) is 0 Å². The highest BCUT2D eigenvalue weighted by atomic mass is 19.1. The molecule has 2 aromatic rings. The molecule has 1 atom stereocenters. The minimum Gasteiger partial charge on any atom is -0.373 e. The number of rotatable bonds is 5. The minimum atomic E-state index is -0.221. The molecule has 0 fully saturated rings. The molecule has 2 aromatic carbocycles. The number of halogens is 1. The fourth-order valence-electron chi connectivity index (χ4n) is 2.20. The van der Waals surface area contributed by atoms with Gasteiger partial charge in [-0.25, -0.2) is 4.39 Å². The Kier molecular flexibility index (Phi) is 4.74. The smallest absolute Gasteiger partial charge is 0.123 e. The third kappa shape index (κ3) is 3.58. The van der Waals surface area contributed by atoms with E-state index in [0.717, 1.165) is 17.7 Å². The summed E-state index contributed by atoms with van der Waals surface area (Å²) in [6.45, 7) is 2.83. The van der Waals surface area contributed by atoms with Crippen molar-refractivity contribution in [3.63, 3.8) is 0 Å². The lowest BCUT2D eigenvalue weighted by Gasteiger charge is -2.23. The molecule has 0 aliphatic rings. The lowest BCUT2D eigenvalue weighted by atomic mass is 10.0. The topological polar surface area (TPSA) is 29.3 Å². The van der Waals surface area contributed by atoms with Gasteiger partial charge in [-0.2, -0.15) is 0 Å². The van der Waals surface area contributed by atoms with Gasteiger partial charge in [0.2, 0.25) is 0 Å². The molecular weight excluding hydrogens is 251 g/mol. The van der Waals surface area contributed by atoms with Gasteiger partial charge in [-0.05, 0) is 41.8 Å². The zero-order valence-corrected chi connectivity index (χ0v) is 12.0. The minimum absolute atomic E-state index is 0.0593. The Hall–Kier alpha value is -1.87. The van der Waals surface area contributed by atoms with Crippen molar-refractivity contribution >= 4 is 5.69 Å². The van der Waals surface area contributed by atoms with Crippen LogP contribution in [0.15, 0.2) is 48.5 Å². The average Bonchev–Trinajstić information content (AvgIpc) is 2.48. The van der Waals surface area contributed by atoms with Crippen molar-refractivity contribution in [2.24, 2.45) is 5.73 Å². The summed E-state index contributed by atoms with van der Waals surface area (Å²) in [7, 11) is 1.97. The van der Waals surface area contributed by atoms with Crippen molar-refractivity contribution in [3.8, 4) is 0 Å². The molecule has 0 amide bonds. The molecule has 0 aromatic heterocycles. The molecule has 2 rings (SSSR count). The van der Waals surface area contributed by atoms with Gasteiger partial charge >= 0.3 is 0 Å². The number of anilines is 1. The molecular formula is C17H21FN2. The predicted octanol–water partition coefficient (Wildman–Crippen LogP) is 3.52. The average molecular weight is 272 g/mol. The second kappa shape index (κ2) is 6.53. The van der Waals surface area contributed by atoms with Gasteiger partial charge in [0.1, 0.15) is 5.82 Å². The predicted molar refractivity (Wildman–Crippen MR) is 82.4 cm³/mol. The Morgan fingerprint density at radius 1 is 1.05 bits per heavy atom. The monoisotopic (exact) mass is 272 g/mol. The second-order valence-corrected chi connectivity index (χ2v) is 5.06. The van der Waals surface area contributed by atoms with Gasteiger partial charge < -0.3 is 10.6 Å². The number of nitrogens with zero attached hydrogens (tertiary/aromatic N) is 1. The van der Waals surface area contributed by atoms with E-state index in [-0.39, 0.29) is 11.9 Å². The van der Waals surface area contributed by atoms with Crippen molar-refractivity contribution in [2.75, 3.05) is 18.5 Å². The highest BCUT2D eigenvalue weighted by Crippen LogP contribution is 2.18. The number of hydrogen-bond acceptors (Lipinski definition) is 2. The van der Waals surface area contributed by atoms with E-state index >= 15 is 0 Å². The van der Waals surface area contributed by atoms with Crippen LogP contribution in [0.2, 0.25) is 0 Å². The fraction of sp³-hybridized carbons (Fsp3) is 0.294. The molecule has 0 aliphatic heterocycles. The summed E-state index contributed by atoms with van der Waals surface area (Å²) in [5, 5.41) is 0. The number of aryl methyl sites for hydroxylation is 1. The normalized spacial score (nSPS) is 12.2. The first kappa shape index (κ1) is 14.5. The third-order valence-corrected chi connectivity index (χ3v) is 3.55. The zero-order valence-electron chi connectivity index (χ0n) is 12.0. The molecule has 0 bridgehead atoms. The first-order valence-corrected chi connectivity index (χ1v) is 6.91. The van der Waals surface area contributed by atoms with Crippen molar-refractivity contribution in [3.05, 3.63) is 65.5 Å². The molecule has 0 saturated carbocycles. The van der Waals surface area contributed by atoms with Crippen LogP contribution in [0.4, 0.5) is 10.1 Å². The fourth-order valence-corrected chi connectivity index (χ4v) is 2.20. The summed E-state index contributed by atoms with van der Waals surface area (Å²) < 4.78 is 12.9. The quantitative estimate of drug-likeness (QED) is 0.902. The molecule has 2 nitrogen and oxygen atoms in total.